The fraction of sp³-hybridized carbons (Fsp3) is 0.300. The number of hydrogen-bond acceptors (Lipinski definition) is 5. The Morgan fingerprint density at radius 2 is 1.32 bits per heavy atom. The zero-order valence-corrected chi connectivity index (χ0v) is 14.4. The Morgan fingerprint density at radius 1 is 0.947 bits per heavy atom. The average molecular weight is 363 g/mol. The molecule has 1 heterocycles. The van der Waals surface area contributed by atoms with Crippen LogP contribution in [0.5, 0.6) is 0 Å². The summed E-state index contributed by atoms with van der Waals surface area (Å²) in [5.74, 6) is 0. The number of pyridine rings is 1. The number of aromatic nitrogens is 1. The second-order valence-corrected chi connectivity index (χ2v) is 2.96. The van der Waals surface area contributed by atoms with Crippen LogP contribution in [0.3, 0.4) is 0 Å². The Bertz CT molecular complexity index is 355. The van der Waals surface area contributed by atoms with Crippen LogP contribution in [0, 0.1) is 6.92 Å². The van der Waals surface area contributed by atoms with Crippen molar-refractivity contribution in [3.63, 3.8) is 0 Å². The summed E-state index contributed by atoms with van der Waals surface area (Å²) in [6.07, 6.45) is 3.34. The van der Waals surface area contributed by atoms with Gasteiger partial charge in [-0.05, 0) is 24.6 Å². The topological polar surface area (TPSA) is 61.7 Å². The molecule has 0 bridgehead atoms. The first-order valence-electron chi connectivity index (χ1n) is 4.64. The van der Waals surface area contributed by atoms with E-state index in [4.69, 9.17) is 0 Å². The van der Waals surface area contributed by atoms with Gasteiger partial charge in [-0.3, -0.25) is 0 Å². The summed E-state index contributed by atoms with van der Waals surface area (Å²) in [5.41, 5.74) is 8.10. The fourth-order valence-electron chi connectivity index (χ4n) is 1.12. The largest absolute Gasteiger partial charge is 3.00 e. The van der Waals surface area contributed by atoms with Gasteiger partial charge in [0.15, 0.2) is 0 Å². The molecule has 0 atom stereocenters. The summed E-state index contributed by atoms with van der Waals surface area (Å²) in [4.78, 5) is 4.33. The van der Waals surface area contributed by atoms with Crippen molar-refractivity contribution in [2.24, 2.45) is 10.2 Å². The molecule has 0 radical (unpaired) electrons. The molecule has 0 aliphatic rings. The monoisotopic (exact) mass is 361 g/mol. The SMILES string of the molecule is CNN=Cc1cc(C)cc(C=NNC)n1.[Cl-].[Cl-].[Cl-].[V+3]. The van der Waals surface area contributed by atoms with Crippen molar-refractivity contribution in [2.45, 2.75) is 6.92 Å². The van der Waals surface area contributed by atoms with E-state index in [-0.39, 0.29) is 55.8 Å². The van der Waals surface area contributed by atoms with E-state index in [0.29, 0.717) is 0 Å². The van der Waals surface area contributed by atoms with E-state index in [1.54, 1.807) is 26.5 Å². The predicted molar refractivity (Wildman–Crippen MR) is 62.3 cm³/mol. The number of rotatable bonds is 4. The van der Waals surface area contributed by atoms with Crippen molar-refractivity contribution in [1.82, 2.24) is 15.8 Å². The zero-order chi connectivity index (χ0) is 11.1. The number of hydrogen-bond donors (Lipinski definition) is 2. The maximum Gasteiger partial charge on any atom is 3.00 e. The van der Waals surface area contributed by atoms with Gasteiger partial charge < -0.3 is 48.1 Å². The van der Waals surface area contributed by atoms with Gasteiger partial charge in [-0.15, -0.1) is 0 Å². The molecule has 0 spiro atoms. The molecule has 5 nitrogen and oxygen atoms in total. The Labute approximate surface area is 144 Å². The Morgan fingerprint density at radius 3 is 1.63 bits per heavy atom. The van der Waals surface area contributed by atoms with E-state index in [9.17, 15) is 0 Å². The van der Waals surface area contributed by atoms with E-state index in [0.717, 1.165) is 17.0 Å². The minimum Gasteiger partial charge on any atom is -1.00 e. The van der Waals surface area contributed by atoms with E-state index >= 15 is 0 Å². The van der Waals surface area contributed by atoms with Crippen LogP contribution < -0.4 is 48.1 Å². The predicted octanol–water partition coefficient (Wildman–Crippen LogP) is -8.49. The normalized spacial score (nSPS) is 8.79. The van der Waals surface area contributed by atoms with Crippen LogP contribution in [-0.4, -0.2) is 31.5 Å². The van der Waals surface area contributed by atoms with Crippen LogP contribution in [0.1, 0.15) is 17.0 Å². The smallest absolute Gasteiger partial charge is 1.00 e. The van der Waals surface area contributed by atoms with Gasteiger partial charge in [0.1, 0.15) is 0 Å². The van der Waals surface area contributed by atoms with Crippen LogP contribution in [0.15, 0.2) is 22.3 Å². The molecule has 9 heteroatoms. The number of halogens is 3. The van der Waals surface area contributed by atoms with Crippen molar-refractivity contribution in [3.05, 3.63) is 29.1 Å². The van der Waals surface area contributed by atoms with Gasteiger partial charge in [0, 0.05) is 14.1 Å². The van der Waals surface area contributed by atoms with Crippen molar-refractivity contribution in [3.8, 4) is 0 Å². The first kappa shape index (κ1) is 27.0. The third kappa shape index (κ3) is 11.1. The second-order valence-electron chi connectivity index (χ2n) is 2.96. The van der Waals surface area contributed by atoms with Gasteiger partial charge in [-0.1, -0.05) is 0 Å². The van der Waals surface area contributed by atoms with Crippen molar-refractivity contribution >= 4 is 12.4 Å². The Hall–Kier alpha value is -0.456. The molecular formula is C10H15Cl3N5V. The summed E-state index contributed by atoms with van der Waals surface area (Å²) >= 11 is 0. The van der Waals surface area contributed by atoms with Gasteiger partial charge in [-0.2, -0.15) is 10.2 Å². The minimum absolute atomic E-state index is 0. The molecule has 0 aliphatic heterocycles. The molecule has 1 aromatic heterocycles. The minimum atomic E-state index is 0. The standard InChI is InChI=1S/C10H15N5.3ClH.V/c1-8-4-9(6-13-11-2)15-10(5-8)7-14-12-3;;;;/h4-7,11-12H,1-3H3;3*1H;/q;;;;+3/p-3. The first-order valence-corrected chi connectivity index (χ1v) is 4.64. The Balaban J connectivity index is -0.000000281. The molecule has 1 rings (SSSR count). The molecule has 0 unspecified atom stereocenters. The van der Waals surface area contributed by atoms with Crippen molar-refractivity contribution in [1.29, 1.82) is 0 Å². The number of nitrogens with zero attached hydrogens (tertiary/aromatic N) is 3. The third-order valence-electron chi connectivity index (χ3n) is 1.66. The van der Waals surface area contributed by atoms with Crippen LogP contribution in [-0.2, 0) is 18.6 Å². The molecule has 0 aliphatic carbocycles. The summed E-state index contributed by atoms with van der Waals surface area (Å²) in [7, 11) is 3.49. The summed E-state index contributed by atoms with van der Waals surface area (Å²) in [6.45, 7) is 2.01. The fourth-order valence-corrected chi connectivity index (χ4v) is 1.12. The molecule has 1 aromatic rings. The van der Waals surface area contributed by atoms with Crippen LogP contribution in [0.2, 0.25) is 0 Å². The van der Waals surface area contributed by atoms with Crippen LogP contribution in [0.4, 0.5) is 0 Å². The van der Waals surface area contributed by atoms with Gasteiger partial charge in [0.05, 0.1) is 23.8 Å². The van der Waals surface area contributed by atoms with Gasteiger partial charge in [-0.25, -0.2) is 4.98 Å². The number of nitrogens with one attached hydrogen (secondary N) is 2. The number of aryl methyl sites for hydroxylation is 1. The molecule has 0 saturated carbocycles. The summed E-state index contributed by atoms with van der Waals surface area (Å²) < 4.78 is 0. The second kappa shape index (κ2) is 15.6. The summed E-state index contributed by atoms with van der Waals surface area (Å²) in [6, 6.07) is 3.91. The van der Waals surface area contributed by atoms with Crippen molar-refractivity contribution < 1.29 is 55.8 Å². The maximum absolute atomic E-state index is 4.33. The molecule has 106 valence electrons. The average Bonchev–Trinajstić information content (AvgIpc) is 2.23. The van der Waals surface area contributed by atoms with Gasteiger partial charge in [0.2, 0.25) is 0 Å². The maximum atomic E-state index is 4.33. The quantitative estimate of drug-likeness (QED) is 0.413. The van der Waals surface area contributed by atoms with Gasteiger partial charge in [0.25, 0.3) is 0 Å². The van der Waals surface area contributed by atoms with E-state index in [1.807, 2.05) is 19.1 Å². The molecule has 2 N–H and O–H groups in total. The summed E-state index contributed by atoms with van der Waals surface area (Å²) in [5, 5.41) is 7.81. The molecule has 19 heavy (non-hydrogen) atoms. The van der Waals surface area contributed by atoms with E-state index in [1.165, 1.54) is 0 Å². The molecular weight excluding hydrogens is 347 g/mol. The molecule has 0 fully saturated rings. The third-order valence-corrected chi connectivity index (χ3v) is 1.66. The Kier molecular flexibility index (Phi) is 22.2. The zero-order valence-electron chi connectivity index (χ0n) is 10.7. The van der Waals surface area contributed by atoms with Crippen molar-refractivity contribution in [2.75, 3.05) is 14.1 Å². The van der Waals surface area contributed by atoms with Crippen LogP contribution >= 0.6 is 0 Å². The molecule has 0 aromatic carbocycles. The number of hydrazone groups is 2. The van der Waals surface area contributed by atoms with E-state index < -0.39 is 0 Å². The van der Waals surface area contributed by atoms with E-state index in [2.05, 4.69) is 26.0 Å². The first-order chi connectivity index (χ1) is 7.26. The molecule has 0 saturated heterocycles. The molecule has 0 amide bonds. The van der Waals surface area contributed by atoms with Crippen LogP contribution in [0.25, 0.3) is 0 Å². The van der Waals surface area contributed by atoms with Gasteiger partial charge >= 0.3 is 18.6 Å².